The average Bonchev–Trinajstić information content (AvgIpc) is 3.07. The molecule has 0 bridgehead atoms. The summed E-state index contributed by atoms with van der Waals surface area (Å²) in [6.45, 7) is 5.22. The molecule has 0 aromatic heterocycles. The Morgan fingerprint density at radius 1 is 0.556 bits per heavy atom. The Kier molecular flexibility index (Phi) is 4.02. The first-order valence-corrected chi connectivity index (χ1v) is 9.29. The van der Waals surface area contributed by atoms with Crippen molar-refractivity contribution < 1.29 is 0 Å². The van der Waals surface area contributed by atoms with E-state index in [0.717, 1.165) is 13.1 Å². The van der Waals surface area contributed by atoms with Gasteiger partial charge in [0.25, 0.3) is 0 Å². The predicted molar refractivity (Wildman–Crippen MR) is 112 cm³/mol. The number of benzene rings is 4. The van der Waals surface area contributed by atoms with Crippen molar-refractivity contribution in [3.05, 3.63) is 115 Å². The highest BCUT2D eigenvalue weighted by Crippen LogP contribution is 2.40. The molecule has 0 saturated carbocycles. The molecule has 0 amide bonds. The molecule has 27 heavy (non-hydrogen) atoms. The third-order valence-corrected chi connectivity index (χ3v) is 5.10. The van der Waals surface area contributed by atoms with Crippen molar-refractivity contribution in [1.29, 1.82) is 0 Å². The van der Waals surface area contributed by atoms with Gasteiger partial charge in [-0.05, 0) is 34.0 Å². The van der Waals surface area contributed by atoms with Crippen molar-refractivity contribution in [3.8, 4) is 0 Å². The van der Waals surface area contributed by atoms with E-state index in [0.29, 0.717) is 0 Å². The van der Waals surface area contributed by atoms with Crippen LogP contribution in [0.25, 0.3) is 10.8 Å². The zero-order valence-electron chi connectivity index (χ0n) is 15.0. The Bertz CT molecular complexity index is 1070. The number of hydrogen-bond acceptors (Lipinski definition) is 2. The number of nitrogens with zero attached hydrogens (tertiary/aromatic N) is 2. The SMILES string of the molecule is [C]1N(Cc2ccccc2)c2ccccc2N1Cc1cccc2ccccc12. The molecule has 0 aliphatic carbocycles. The molecule has 0 unspecified atom stereocenters. The van der Waals surface area contributed by atoms with E-state index in [4.69, 9.17) is 0 Å². The van der Waals surface area contributed by atoms with Crippen LogP contribution in [0.1, 0.15) is 11.1 Å². The van der Waals surface area contributed by atoms with Crippen LogP contribution >= 0.6 is 0 Å². The number of anilines is 2. The van der Waals surface area contributed by atoms with Crippen LogP contribution in [0.15, 0.2) is 97.1 Å². The lowest BCUT2D eigenvalue weighted by Crippen LogP contribution is -2.24. The molecular formula is C25H20N2. The summed E-state index contributed by atoms with van der Waals surface area (Å²) in [7, 11) is 0. The fourth-order valence-electron chi connectivity index (χ4n) is 3.78. The molecule has 0 atom stereocenters. The lowest BCUT2D eigenvalue weighted by molar-refractivity contribution is 0.852. The van der Waals surface area contributed by atoms with Crippen LogP contribution in [0.3, 0.4) is 0 Å². The fraction of sp³-hybridized carbons (Fsp3) is 0.0800. The van der Waals surface area contributed by atoms with Gasteiger partial charge in [0.2, 0.25) is 6.67 Å². The van der Waals surface area contributed by atoms with Gasteiger partial charge >= 0.3 is 0 Å². The van der Waals surface area contributed by atoms with E-state index in [1.807, 2.05) is 0 Å². The number of rotatable bonds is 4. The monoisotopic (exact) mass is 348 g/mol. The van der Waals surface area contributed by atoms with Crippen LogP contribution in [-0.2, 0) is 13.1 Å². The molecule has 0 N–H and O–H groups in total. The first kappa shape index (κ1) is 16.0. The van der Waals surface area contributed by atoms with Gasteiger partial charge in [-0.2, -0.15) is 0 Å². The molecule has 2 nitrogen and oxygen atoms in total. The normalized spacial score (nSPS) is 13.2. The van der Waals surface area contributed by atoms with Gasteiger partial charge in [-0.25, -0.2) is 0 Å². The van der Waals surface area contributed by atoms with Gasteiger partial charge in [-0.1, -0.05) is 84.9 Å². The Balaban J connectivity index is 1.47. The maximum absolute atomic E-state index is 3.58. The first-order chi connectivity index (χ1) is 13.4. The van der Waals surface area contributed by atoms with Gasteiger partial charge in [0.1, 0.15) is 0 Å². The van der Waals surface area contributed by atoms with E-state index in [1.165, 1.54) is 33.3 Å². The molecular weight excluding hydrogens is 328 g/mol. The van der Waals surface area contributed by atoms with E-state index in [1.54, 1.807) is 0 Å². The second kappa shape index (κ2) is 6.81. The number of hydrogen-bond donors (Lipinski definition) is 0. The third-order valence-electron chi connectivity index (χ3n) is 5.10. The second-order valence-corrected chi connectivity index (χ2v) is 6.88. The molecule has 4 aromatic carbocycles. The topological polar surface area (TPSA) is 6.48 Å². The van der Waals surface area contributed by atoms with Crippen LogP contribution < -0.4 is 9.80 Å². The molecule has 5 rings (SSSR count). The number of fused-ring (bicyclic) bond motifs is 2. The maximum Gasteiger partial charge on any atom is 0.209 e. The lowest BCUT2D eigenvalue weighted by atomic mass is 10.0. The highest BCUT2D eigenvalue weighted by molar-refractivity contribution is 5.86. The Labute approximate surface area is 160 Å². The van der Waals surface area contributed by atoms with Crippen molar-refractivity contribution >= 4 is 22.1 Å². The average molecular weight is 348 g/mol. The molecule has 1 aliphatic rings. The number of para-hydroxylation sites is 2. The smallest absolute Gasteiger partial charge is 0.209 e. The van der Waals surface area contributed by atoms with Crippen LogP contribution in [0.5, 0.6) is 0 Å². The molecule has 0 spiro atoms. The quantitative estimate of drug-likeness (QED) is 0.455. The lowest BCUT2D eigenvalue weighted by Gasteiger charge is -2.20. The van der Waals surface area contributed by atoms with Gasteiger partial charge in [-0.3, -0.25) is 0 Å². The predicted octanol–water partition coefficient (Wildman–Crippen LogP) is 5.86. The minimum Gasteiger partial charge on any atom is -0.335 e. The second-order valence-electron chi connectivity index (χ2n) is 6.88. The zero-order valence-corrected chi connectivity index (χ0v) is 15.0. The minimum atomic E-state index is 0.809. The summed E-state index contributed by atoms with van der Waals surface area (Å²) in [5.41, 5.74) is 5.02. The zero-order chi connectivity index (χ0) is 18.1. The molecule has 0 saturated heterocycles. The van der Waals surface area contributed by atoms with Crippen LogP contribution in [0.2, 0.25) is 0 Å². The van der Waals surface area contributed by atoms with Crippen molar-refractivity contribution in [2.24, 2.45) is 0 Å². The minimum absolute atomic E-state index is 0.809. The van der Waals surface area contributed by atoms with Gasteiger partial charge < -0.3 is 9.80 Å². The van der Waals surface area contributed by atoms with Crippen LogP contribution in [-0.4, -0.2) is 0 Å². The summed E-state index contributed by atoms with van der Waals surface area (Å²) >= 11 is 0. The van der Waals surface area contributed by atoms with Gasteiger partial charge in [-0.15, -0.1) is 0 Å². The molecule has 4 aromatic rings. The summed E-state index contributed by atoms with van der Waals surface area (Å²) < 4.78 is 0. The molecule has 2 heteroatoms. The highest BCUT2D eigenvalue weighted by Gasteiger charge is 2.27. The van der Waals surface area contributed by atoms with Crippen molar-refractivity contribution in [1.82, 2.24) is 0 Å². The molecule has 1 heterocycles. The van der Waals surface area contributed by atoms with Crippen molar-refractivity contribution in [2.45, 2.75) is 13.1 Å². The van der Waals surface area contributed by atoms with E-state index < -0.39 is 0 Å². The summed E-state index contributed by atoms with van der Waals surface area (Å²) in [4.78, 5) is 4.45. The van der Waals surface area contributed by atoms with Gasteiger partial charge in [0.15, 0.2) is 0 Å². The Morgan fingerprint density at radius 3 is 2.00 bits per heavy atom. The standard InChI is InChI=1S/C25H20N2/c1-2-9-20(10-3-1)17-26-19-27(25-16-7-6-15-24(25)26)18-22-13-8-12-21-11-4-5-14-23(21)22/h1-16H,17-18H2. The van der Waals surface area contributed by atoms with E-state index in [9.17, 15) is 0 Å². The Hall–Kier alpha value is -3.26. The molecule has 2 radical (unpaired) electrons. The van der Waals surface area contributed by atoms with Gasteiger partial charge in [0, 0.05) is 13.1 Å². The molecule has 130 valence electrons. The third kappa shape index (κ3) is 3.04. The van der Waals surface area contributed by atoms with Gasteiger partial charge in [0.05, 0.1) is 11.4 Å². The summed E-state index contributed by atoms with van der Waals surface area (Å²) in [6.07, 6.45) is 0. The molecule has 0 fully saturated rings. The van der Waals surface area contributed by atoms with Crippen molar-refractivity contribution in [2.75, 3.05) is 9.80 Å². The van der Waals surface area contributed by atoms with E-state index in [2.05, 4.69) is 114 Å². The summed E-state index contributed by atoms with van der Waals surface area (Å²) in [5.74, 6) is 0. The Morgan fingerprint density at radius 2 is 1.19 bits per heavy atom. The molecule has 1 aliphatic heterocycles. The van der Waals surface area contributed by atoms with Crippen molar-refractivity contribution in [3.63, 3.8) is 0 Å². The first-order valence-electron chi connectivity index (χ1n) is 9.29. The highest BCUT2D eigenvalue weighted by atomic mass is 15.4. The maximum atomic E-state index is 3.58. The fourth-order valence-corrected chi connectivity index (χ4v) is 3.78. The van der Waals surface area contributed by atoms with E-state index in [-0.39, 0.29) is 0 Å². The van der Waals surface area contributed by atoms with Crippen LogP contribution in [0.4, 0.5) is 11.4 Å². The van der Waals surface area contributed by atoms with E-state index >= 15 is 0 Å². The summed E-state index contributed by atoms with van der Waals surface area (Å²) in [6, 6.07) is 34.2. The summed E-state index contributed by atoms with van der Waals surface area (Å²) in [5, 5.41) is 2.59. The largest absolute Gasteiger partial charge is 0.335 e. The van der Waals surface area contributed by atoms with Crippen LogP contribution in [0, 0.1) is 6.67 Å².